The highest BCUT2D eigenvalue weighted by Gasteiger charge is 2.33. The molecule has 0 amide bonds. The first-order chi connectivity index (χ1) is 9.65. The average molecular weight is 374 g/mol. The highest BCUT2D eigenvalue weighted by atomic mass is 35.5. The van der Waals surface area contributed by atoms with Crippen LogP contribution in [0.1, 0.15) is 30.9 Å². The minimum Gasteiger partial charge on any atom is -0.314 e. The molecule has 22 heavy (non-hydrogen) atoms. The van der Waals surface area contributed by atoms with Crippen molar-refractivity contribution in [2.45, 2.75) is 25.3 Å². The van der Waals surface area contributed by atoms with Gasteiger partial charge in [-0.1, -0.05) is 24.4 Å². The van der Waals surface area contributed by atoms with Gasteiger partial charge in [0.05, 0.1) is 0 Å². The van der Waals surface area contributed by atoms with Gasteiger partial charge < -0.3 is 5.32 Å². The SMILES string of the molecule is Cl.Cl.Fc1cc(Cl)cc(F)c1[C@@H](CC1CC1)N1CCNCC1. The standard InChI is InChI=1S/C15H19ClF2N2.2ClH/c16-11-8-12(17)15(13(18)9-11)14(7-10-1-2-10)20-5-3-19-4-6-20;;/h8-10,14,19H,1-7H2;2*1H/t14-;;/m1../s1. The van der Waals surface area contributed by atoms with Gasteiger partial charge in [0.1, 0.15) is 11.6 Å². The van der Waals surface area contributed by atoms with E-state index in [0.717, 1.165) is 32.6 Å². The van der Waals surface area contributed by atoms with Crippen molar-refractivity contribution >= 4 is 36.4 Å². The van der Waals surface area contributed by atoms with Crippen LogP contribution in [0.4, 0.5) is 8.78 Å². The van der Waals surface area contributed by atoms with Crippen molar-refractivity contribution in [2.24, 2.45) is 5.92 Å². The molecule has 1 N–H and O–H groups in total. The van der Waals surface area contributed by atoms with Crippen molar-refractivity contribution in [2.75, 3.05) is 26.2 Å². The van der Waals surface area contributed by atoms with Crippen LogP contribution in [0.15, 0.2) is 12.1 Å². The molecule has 2 nitrogen and oxygen atoms in total. The Morgan fingerprint density at radius 2 is 1.68 bits per heavy atom. The lowest BCUT2D eigenvalue weighted by Crippen LogP contribution is -2.45. The molecule has 0 unspecified atom stereocenters. The average Bonchev–Trinajstić information content (AvgIpc) is 3.21. The van der Waals surface area contributed by atoms with Gasteiger partial charge in [0.25, 0.3) is 0 Å². The molecule has 2 fully saturated rings. The summed E-state index contributed by atoms with van der Waals surface area (Å²) in [5, 5.41) is 3.40. The first-order valence-corrected chi connectivity index (χ1v) is 7.62. The van der Waals surface area contributed by atoms with Crippen LogP contribution in [-0.4, -0.2) is 31.1 Å². The first-order valence-electron chi connectivity index (χ1n) is 7.24. The third-order valence-electron chi connectivity index (χ3n) is 4.22. The highest BCUT2D eigenvalue weighted by Crippen LogP contribution is 2.41. The van der Waals surface area contributed by atoms with Gasteiger partial charge in [-0.15, -0.1) is 24.8 Å². The summed E-state index contributed by atoms with van der Waals surface area (Å²) in [5.41, 5.74) is 0.197. The Labute approximate surface area is 147 Å². The summed E-state index contributed by atoms with van der Waals surface area (Å²) in [5.74, 6) is -0.414. The van der Waals surface area contributed by atoms with E-state index in [2.05, 4.69) is 10.2 Å². The summed E-state index contributed by atoms with van der Waals surface area (Å²) in [6, 6.07) is 2.28. The Balaban J connectivity index is 0.00000121. The smallest absolute Gasteiger partial charge is 0.132 e. The van der Waals surface area contributed by atoms with Crippen LogP contribution >= 0.6 is 36.4 Å². The van der Waals surface area contributed by atoms with Crippen LogP contribution in [-0.2, 0) is 0 Å². The molecule has 1 heterocycles. The minimum absolute atomic E-state index is 0. The molecule has 126 valence electrons. The van der Waals surface area contributed by atoms with Gasteiger partial charge in [0.2, 0.25) is 0 Å². The maximum atomic E-state index is 14.2. The Hall–Kier alpha value is -0.130. The Morgan fingerprint density at radius 1 is 1.14 bits per heavy atom. The van der Waals surface area contributed by atoms with E-state index < -0.39 is 11.6 Å². The van der Waals surface area contributed by atoms with Crippen molar-refractivity contribution in [3.63, 3.8) is 0 Å². The van der Waals surface area contributed by atoms with E-state index in [1.165, 1.54) is 25.0 Å². The van der Waals surface area contributed by atoms with Crippen molar-refractivity contribution in [3.05, 3.63) is 34.4 Å². The third-order valence-corrected chi connectivity index (χ3v) is 4.44. The van der Waals surface area contributed by atoms with Crippen molar-refractivity contribution in [1.82, 2.24) is 10.2 Å². The Bertz CT molecular complexity index is 469. The molecule has 7 heteroatoms. The van der Waals surface area contributed by atoms with Crippen molar-refractivity contribution in [1.29, 1.82) is 0 Å². The second-order valence-electron chi connectivity index (χ2n) is 5.76. The number of piperazine rings is 1. The van der Waals surface area contributed by atoms with E-state index in [4.69, 9.17) is 11.6 Å². The van der Waals surface area contributed by atoms with Crippen molar-refractivity contribution in [3.8, 4) is 0 Å². The zero-order chi connectivity index (χ0) is 14.1. The molecule has 0 aromatic heterocycles. The Kier molecular flexibility index (Phi) is 7.83. The van der Waals surface area contributed by atoms with E-state index in [-0.39, 0.29) is 41.4 Å². The fourth-order valence-electron chi connectivity index (χ4n) is 2.98. The van der Waals surface area contributed by atoms with E-state index in [9.17, 15) is 8.78 Å². The number of rotatable bonds is 4. The quantitative estimate of drug-likeness (QED) is 0.850. The summed E-state index contributed by atoms with van der Waals surface area (Å²) in [4.78, 5) is 2.20. The number of benzene rings is 1. The van der Waals surface area contributed by atoms with E-state index in [1.807, 2.05) is 0 Å². The largest absolute Gasteiger partial charge is 0.314 e. The monoisotopic (exact) mass is 372 g/mol. The molecule has 1 atom stereocenters. The van der Waals surface area contributed by atoms with Crippen LogP contribution in [0.5, 0.6) is 0 Å². The third kappa shape index (κ3) is 4.68. The molecule has 1 saturated heterocycles. The van der Waals surface area contributed by atoms with Crippen molar-refractivity contribution < 1.29 is 8.78 Å². The predicted molar refractivity (Wildman–Crippen MR) is 90.4 cm³/mol. The Morgan fingerprint density at radius 3 is 2.18 bits per heavy atom. The molecule has 1 saturated carbocycles. The number of hydrogen-bond donors (Lipinski definition) is 1. The zero-order valence-corrected chi connectivity index (χ0v) is 14.5. The van der Waals surface area contributed by atoms with E-state index in [0.29, 0.717) is 5.92 Å². The number of nitrogens with zero attached hydrogens (tertiary/aromatic N) is 1. The molecular formula is C15H21Cl3F2N2. The molecule has 1 aromatic carbocycles. The molecule has 1 aromatic rings. The molecule has 1 aliphatic heterocycles. The lowest BCUT2D eigenvalue weighted by atomic mass is 9.97. The second-order valence-corrected chi connectivity index (χ2v) is 6.20. The first kappa shape index (κ1) is 19.9. The molecule has 3 rings (SSSR count). The molecular weight excluding hydrogens is 353 g/mol. The van der Waals surface area contributed by atoms with Crippen LogP contribution in [0.3, 0.4) is 0 Å². The van der Waals surface area contributed by atoms with Crippen LogP contribution in [0, 0.1) is 17.6 Å². The summed E-state index contributed by atoms with van der Waals surface area (Å²) < 4.78 is 28.4. The molecule has 1 aliphatic carbocycles. The van der Waals surface area contributed by atoms with Crippen LogP contribution < -0.4 is 5.32 Å². The van der Waals surface area contributed by atoms with Crippen LogP contribution in [0.25, 0.3) is 0 Å². The topological polar surface area (TPSA) is 15.3 Å². The summed E-state index contributed by atoms with van der Waals surface area (Å²) in [7, 11) is 0. The summed E-state index contributed by atoms with van der Waals surface area (Å²) in [6.07, 6.45) is 3.20. The zero-order valence-electron chi connectivity index (χ0n) is 12.2. The number of hydrogen-bond acceptors (Lipinski definition) is 2. The minimum atomic E-state index is -0.515. The molecule has 0 spiro atoms. The molecule has 0 bridgehead atoms. The number of nitrogens with one attached hydrogen (secondary N) is 1. The number of halogens is 5. The lowest BCUT2D eigenvalue weighted by molar-refractivity contribution is 0.154. The normalized spacial score (nSPS) is 20.0. The fourth-order valence-corrected chi connectivity index (χ4v) is 3.18. The molecule has 0 radical (unpaired) electrons. The van der Waals surface area contributed by atoms with Gasteiger partial charge in [-0.05, 0) is 24.5 Å². The van der Waals surface area contributed by atoms with E-state index in [1.54, 1.807) is 0 Å². The second kappa shape index (κ2) is 8.65. The maximum Gasteiger partial charge on any atom is 0.132 e. The fraction of sp³-hybridized carbons (Fsp3) is 0.600. The van der Waals surface area contributed by atoms with Crippen LogP contribution in [0.2, 0.25) is 5.02 Å². The van der Waals surface area contributed by atoms with Gasteiger partial charge in [0.15, 0.2) is 0 Å². The van der Waals surface area contributed by atoms with Gasteiger partial charge in [-0.25, -0.2) is 8.78 Å². The van der Waals surface area contributed by atoms with Gasteiger partial charge in [-0.3, -0.25) is 4.90 Å². The van der Waals surface area contributed by atoms with Gasteiger partial charge >= 0.3 is 0 Å². The molecule has 2 aliphatic rings. The maximum absolute atomic E-state index is 14.2. The lowest BCUT2D eigenvalue weighted by Gasteiger charge is -2.35. The van der Waals surface area contributed by atoms with E-state index >= 15 is 0 Å². The highest BCUT2D eigenvalue weighted by molar-refractivity contribution is 6.30. The summed E-state index contributed by atoms with van der Waals surface area (Å²) >= 11 is 5.73. The predicted octanol–water partition coefficient (Wildman–Crippen LogP) is 4.21. The van der Waals surface area contributed by atoms with Gasteiger partial charge in [-0.2, -0.15) is 0 Å². The summed E-state index contributed by atoms with van der Waals surface area (Å²) in [6.45, 7) is 3.41. The van der Waals surface area contributed by atoms with Gasteiger partial charge in [0, 0.05) is 42.8 Å².